The standard InChI is InChI=1S/C20H25FN4O2/c1-13-17(10-14-5-6-15(21)11-18(14)24-13)20(27)25-9-3-2-4-16(25)12-23-19(26)7-8-22/h5-6,10-11,16H,2-4,7-9,12,22H2,1H3,(H,23,26). The van der Waals surface area contributed by atoms with Gasteiger partial charge in [0.2, 0.25) is 5.91 Å². The van der Waals surface area contributed by atoms with Crippen molar-refractivity contribution in [2.24, 2.45) is 5.73 Å². The van der Waals surface area contributed by atoms with Crippen molar-refractivity contribution in [3.8, 4) is 0 Å². The summed E-state index contributed by atoms with van der Waals surface area (Å²) < 4.78 is 13.4. The lowest BCUT2D eigenvalue weighted by Gasteiger charge is -2.36. The molecule has 1 atom stereocenters. The highest BCUT2D eigenvalue weighted by atomic mass is 19.1. The summed E-state index contributed by atoms with van der Waals surface area (Å²) in [5.41, 5.74) is 7.04. The number of halogens is 1. The van der Waals surface area contributed by atoms with E-state index >= 15 is 0 Å². The van der Waals surface area contributed by atoms with E-state index in [1.54, 1.807) is 19.1 Å². The molecule has 2 aromatic rings. The first-order valence-electron chi connectivity index (χ1n) is 9.34. The van der Waals surface area contributed by atoms with E-state index in [1.807, 2.05) is 4.90 Å². The number of rotatable bonds is 5. The third-order valence-electron chi connectivity index (χ3n) is 4.99. The Morgan fingerprint density at radius 1 is 1.33 bits per heavy atom. The number of fused-ring (bicyclic) bond motifs is 1. The van der Waals surface area contributed by atoms with Crippen molar-refractivity contribution in [1.29, 1.82) is 0 Å². The Kier molecular flexibility index (Phi) is 6.01. The average molecular weight is 372 g/mol. The van der Waals surface area contributed by atoms with E-state index in [2.05, 4.69) is 10.3 Å². The van der Waals surface area contributed by atoms with Gasteiger partial charge in [-0.15, -0.1) is 0 Å². The molecule has 0 spiro atoms. The summed E-state index contributed by atoms with van der Waals surface area (Å²) in [6.07, 6.45) is 3.09. The third-order valence-corrected chi connectivity index (χ3v) is 4.99. The van der Waals surface area contributed by atoms with Crippen LogP contribution in [-0.4, -0.2) is 47.4 Å². The number of hydrogen-bond acceptors (Lipinski definition) is 4. The SMILES string of the molecule is Cc1nc2cc(F)ccc2cc1C(=O)N1CCCCC1CNC(=O)CCN. The van der Waals surface area contributed by atoms with Crippen LogP contribution in [0.1, 0.15) is 41.7 Å². The van der Waals surface area contributed by atoms with Crippen LogP contribution in [-0.2, 0) is 4.79 Å². The van der Waals surface area contributed by atoms with E-state index in [4.69, 9.17) is 5.73 Å². The molecule has 1 aliphatic rings. The number of nitrogens with one attached hydrogen (secondary N) is 1. The smallest absolute Gasteiger partial charge is 0.256 e. The second kappa shape index (κ2) is 8.43. The molecule has 1 unspecified atom stereocenters. The van der Waals surface area contributed by atoms with Crippen LogP contribution in [0.15, 0.2) is 24.3 Å². The van der Waals surface area contributed by atoms with Crippen LogP contribution in [0, 0.1) is 12.7 Å². The van der Waals surface area contributed by atoms with Gasteiger partial charge in [0.05, 0.1) is 16.8 Å². The van der Waals surface area contributed by atoms with Crippen LogP contribution in [0.3, 0.4) is 0 Å². The van der Waals surface area contributed by atoms with Gasteiger partial charge in [-0.2, -0.15) is 0 Å². The number of hydrogen-bond donors (Lipinski definition) is 2. The molecule has 1 saturated heterocycles. The molecule has 7 heteroatoms. The molecule has 3 rings (SSSR count). The number of nitrogens with zero attached hydrogens (tertiary/aromatic N) is 2. The van der Waals surface area contributed by atoms with Gasteiger partial charge >= 0.3 is 0 Å². The Labute approximate surface area is 157 Å². The number of likely N-dealkylation sites (tertiary alicyclic amines) is 1. The molecule has 0 saturated carbocycles. The Balaban J connectivity index is 1.81. The van der Waals surface area contributed by atoms with Crippen molar-refractivity contribution in [3.63, 3.8) is 0 Å². The maximum atomic E-state index is 13.4. The lowest BCUT2D eigenvalue weighted by molar-refractivity contribution is -0.121. The monoisotopic (exact) mass is 372 g/mol. The number of nitrogens with two attached hydrogens (primary N) is 1. The van der Waals surface area contributed by atoms with Crippen molar-refractivity contribution >= 4 is 22.7 Å². The number of aryl methyl sites for hydroxylation is 1. The van der Waals surface area contributed by atoms with E-state index in [0.717, 1.165) is 24.6 Å². The summed E-state index contributed by atoms with van der Waals surface area (Å²) in [5.74, 6) is -0.539. The number of carbonyl (C=O) groups excluding carboxylic acids is 2. The minimum atomic E-state index is -0.349. The van der Waals surface area contributed by atoms with Crippen LogP contribution >= 0.6 is 0 Å². The first-order chi connectivity index (χ1) is 13.0. The van der Waals surface area contributed by atoms with Crippen LogP contribution < -0.4 is 11.1 Å². The van der Waals surface area contributed by atoms with Gasteiger partial charge in [-0.25, -0.2) is 4.39 Å². The first kappa shape index (κ1) is 19.2. The van der Waals surface area contributed by atoms with Gasteiger partial charge < -0.3 is 16.0 Å². The molecule has 1 aromatic heterocycles. The second-order valence-corrected chi connectivity index (χ2v) is 6.95. The zero-order chi connectivity index (χ0) is 19.4. The fraction of sp³-hybridized carbons (Fsp3) is 0.450. The average Bonchev–Trinajstić information content (AvgIpc) is 2.65. The van der Waals surface area contributed by atoms with E-state index in [0.29, 0.717) is 36.4 Å². The van der Waals surface area contributed by atoms with Gasteiger partial charge in [0, 0.05) is 43.5 Å². The van der Waals surface area contributed by atoms with E-state index < -0.39 is 0 Å². The molecular formula is C20H25FN4O2. The molecule has 6 nitrogen and oxygen atoms in total. The van der Waals surface area contributed by atoms with Gasteiger partial charge in [-0.1, -0.05) is 0 Å². The zero-order valence-electron chi connectivity index (χ0n) is 15.5. The van der Waals surface area contributed by atoms with Crippen LogP contribution in [0.25, 0.3) is 10.9 Å². The summed E-state index contributed by atoms with van der Waals surface area (Å²) in [6, 6.07) is 6.10. The summed E-state index contributed by atoms with van der Waals surface area (Å²) in [6.45, 7) is 3.15. The predicted octanol–water partition coefficient (Wildman–Crippen LogP) is 2.14. The Morgan fingerprint density at radius 3 is 2.93 bits per heavy atom. The first-order valence-corrected chi connectivity index (χ1v) is 9.34. The number of amides is 2. The number of benzene rings is 1. The van der Waals surface area contributed by atoms with Crippen molar-refractivity contribution in [2.75, 3.05) is 19.6 Å². The summed E-state index contributed by atoms with van der Waals surface area (Å²) >= 11 is 0. The Hall–Kier alpha value is -2.54. The maximum absolute atomic E-state index is 13.4. The molecule has 0 bridgehead atoms. The van der Waals surface area contributed by atoms with E-state index in [9.17, 15) is 14.0 Å². The number of pyridine rings is 1. The highest BCUT2D eigenvalue weighted by molar-refractivity contribution is 5.99. The fourth-order valence-corrected chi connectivity index (χ4v) is 3.54. The normalized spacial score (nSPS) is 17.1. The van der Waals surface area contributed by atoms with Crippen LogP contribution in [0.2, 0.25) is 0 Å². The van der Waals surface area contributed by atoms with Gasteiger partial charge in [-0.05, 0) is 44.4 Å². The Morgan fingerprint density at radius 2 is 2.15 bits per heavy atom. The van der Waals surface area contributed by atoms with E-state index in [1.165, 1.54) is 12.1 Å². The Bertz CT molecular complexity index is 855. The molecule has 1 aromatic carbocycles. The quantitative estimate of drug-likeness (QED) is 0.842. The summed E-state index contributed by atoms with van der Waals surface area (Å²) in [5, 5.41) is 3.60. The minimum absolute atomic E-state index is 0.0451. The molecule has 1 fully saturated rings. The van der Waals surface area contributed by atoms with Crippen LogP contribution in [0.4, 0.5) is 4.39 Å². The number of carbonyl (C=O) groups is 2. The molecule has 3 N–H and O–H groups in total. The third kappa shape index (κ3) is 4.42. The molecule has 2 heterocycles. The molecule has 0 aliphatic carbocycles. The number of aromatic nitrogens is 1. The lowest BCUT2D eigenvalue weighted by atomic mass is 9.99. The second-order valence-electron chi connectivity index (χ2n) is 6.95. The van der Waals surface area contributed by atoms with Gasteiger partial charge in [-0.3, -0.25) is 14.6 Å². The molecule has 2 amide bonds. The predicted molar refractivity (Wildman–Crippen MR) is 102 cm³/mol. The fourth-order valence-electron chi connectivity index (χ4n) is 3.54. The van der Waals surface area contributed by atoms with Gasteiger partial charge in [0.1, 0.15) is 5.82 Å². The topological polar surface area (TPSA) is 88.3 Å². The summed E-state index contributed by atoms with van der Waals surface area (Å²) in [7, 11) is 0. The van der Waals surface area contributed by atoms with Gasteiger partial charge in [0.15, 0.2) is 0 Å². The molecule has 0 radical (unpaired) electrons. The molecule has 144 valence electrons. The molecular weight excluding hydrogens is 347 g/mol. The number of piperidine rings is 1. The zero-order valence-corrected chi connectivity index (χ0v) is 15.5. The lowest BCUT2D eigenvalue weighted by Crippen LogP contribution is -2.49. The highest BCUT2D eigenvalue weighted by Crippen LogP contribution is 2.23. The van der Waals surface area contributed by atoms with E-state index in [-0.39, 0.29) is 30.1 Å². The van der Waals surface area contributed by atoms with Crippen LogP contribution in [0.5, 0.6) is 0 Å². The largest absolute Gasteiger partial charge is 0.354 e. The highest BCUT2D eigenvalue weighted by Gasteiger charge is 2.29. The van der Waals surface area contributed by atoms with Gasteiger partial charge in [0.25, 0.3) is 5.91 Å². The minimum Gasteiger partial charge on any atom is -0.354 e. The van der Waals surface area contributed by atoms with Crippen molar-refractivity contribution in [3.05, 3.63) is 41.3 Å². The van der Waals surface area contributed by atoms with Crippen molar-refractivity contribution in [2.45, 2.75) is 38.6 Å². The molecule has 27 heavy (non-hydrogen) atoms. The molecule has 1 aliphatic heterocycles. The van der Waals surface area contributed by atoms with Crippen molar-refractivity contribution < 1.29 is 14.0 Å². The summed E-state index contributed by atoms with van der Waals surface area (Å²) in [4.78, 5) is 31.1. The maximum Gasteiger partial charge on any atom is 0.256 e. The van der Waals surface area contributed by atoms with Crippen molar-refractivity contribution in [1.82, 2.24) is 15.2 Å².